The highest BCUT2D eigenvalue weighted by Gasteiger charge is 2.17. The van der Waals surface area contributed by atoms with Crippen molar-refractivity contribution in [3.05, 3.63) is 23.3 Å². The van der Waals surface area contributed by atoms with E-state index in [1.165, 1.54) is 13.0 Å². The van der Waals surface area contributed by atoms with E-state index in [4.69, 9.17) is 9.47 Å². The molecule has 1 aromatic carbocycles. The Kier molecular flexibility index (Phi) is 7.43. The highest BCUT2D eigenvalue weighted by molar-refractivity contribution is 5.97. The van der Waals surface area contributed by atoms with Crippen LogP contribution < -0.4 is 4.74 Å². The zero-order valence-corrected chi connectivity index (χ0v) is 13.5. The van der Waals surface area contributed by atoms with Crippen molar-refractivity contribution in [3.63, 3.8) is 0 Å². The summed E-state index contributed by atoms with van der Waals surface area (Å²) >= 11 is 0. The van der Waals surface area contributed by atoms with Gasteiger partial charge in [0, 0.05) is 12.0 Å². The molecule has 0 aliphatic rings. The number of phenols is 1. The molecule has 0 aliphatic heterocycles. The summed E-state index contributed by atoms with van der Waals surface area (Å²) < 4.78 is 10.6. The van der Waals surface area contributed by atoms with Gasteiger partial charge in [0.2, 0.25) is 0 Å². The third kappa shape index (κ3) is 5.06. The SMILES string of the molecule is CCCc1c(O)ccc(C(C)=O)c1OCCCC(=O)OCC. The van der Waals surface area contributed by atoms with E-state index in [2.05, 4.69) is 0 Å². The zero-order chi connectivity index (χ0) is 16.5. The van der Waals surface area contributed by atoms with Crippen molar-refractivity contribution in [1.29, 1.82) is 0 Å². The molecule has 0 aliphatic carbocycles. The molecule has 1 rings (SSSR count). The van der Waals surface area contributed by atoms with Gasteiger partial charge in [-0.25, -0.2) is 0 Å². The standard InChI is InChI=1S/C17H24O5/c1-4-7-14-15(19)10-9-13(12(3)18)17(14)22-11-6-8-16(20)21-5-2/h9-10,19H,4-8,11H2,1-3H3. The smallest absolute Gasteiger partial charge is 0.305 e. The first-order valence-corrected chi connectivity index (χ1v) is 7.65. The first-order chi connectivity index (χ1) is 10.5. The Balaban J connectivity index is 2.80. The summed E-state index contributed by atoms with van der Waals surface area (Å²) in [6.45, 7) is 5.87. The molecule has 0 saturated carbocycles. The second kappa shape index (κ2) is 9.07. The highest BCUT2D eigenvalue weighted by atomic mass is 16.5. The molecule has 5 heteroatoms. The van der Waals surface area contributed by atoms with Crippen LogP contribution in [0.25, 0.3) is 0 Å². The van der Waals surface area contributed by atoms with E-state index in [0.29, 0.717) is 42.9 Å². The van der Waals surface area contributed by atoms with Gasteiger partial charge in [-0.05, 0) is 38.8 Å². The van der Waals surface area contributed by atoms with Gasteiger partial charge in [-0.15, -0.1) is 0 Å². The van der Waals surface area contributed by atoms with Gasteiger partial charge in [0.1, 0.15) is 11.5 Å². The third-order valence-electron chi connectivity index (χ3n) is 3.19. The third-order valence-corrected chi connectivity index (χ3v) is 3.19. The molecule has 0 saturated heterocycles. The number of Topliss-reactive ketones (excluding diaryl/α,β-unsaturated/α-hetero) is 1. The first-order valence-electron chi connectivity index (χ1n) is 7.65. The topological polar surface area (TPSA) is 72.8 Å². The molecule has 0 aromatic heterocycles. The van der Waals surface area contributed by atoms with Crippen molar-refractivity contribution in [2.24, 2.45) is 0 Å². The van der Waals surface area contributed by atoms with Crippen molar-refractivity contribution < 1.29 is 24.2 Å². The van der Waals surface area contributed by atoms with E-state index in [1.807, 2.05) is 6.92 Å². The van der Waals surface area contributed by atoms with Gasteiger partial charge in [-0.1, -0.05) is 13.3 Å². The lowest BCUT2D eigenvalue weighted by Crippen LogP contribution is -2.09. The van der Waals surface area contributed by atoms with Crippen molar-refractivity contribution in [2.45, 2.75) is 46.5 Å². The number of benzene rings is 1. The van der Waals surface area contributed by atoms with Crippen LogP contribution in [0.15, 0.2) is 12.1 Å². The second-order valence-electron chi connectivity index (χ2n) is 5.00. The minimum atomic E-state index is -0.261. The van der Waals surface area contributed by atoms with Gasteiger partial charge in [-0.2, -0.15) is 0 Å². The van der Waals surface area contributed by atoms with Gasteiger partial charge in [0.05, 0.1) is 18.8 Å². The van der Waals surface area contributed by atoms with E-state index in [-0.39, 0.29) is 23.9 Å². The van der Waals surface area contributed by atoms with E-state index < -0.39 is 0 Å². The van der Waals surface area contributed by atoms with Gasteiger partial charge in [-0.3, -0.25) is 9.59 Å². The second-order valence-corrected chi connectivity index (χ2v) is 5.00. The van der Waals surface area contributed by atoms with Gasteiger partial charge in [0.25, 0.3) is 0 Å². The van der Waals surface area contributed by atoms with Crippen molar-refractivity contribution in [2.75, 3.05) is 13.2 Å². The number of phenolic OH excluding ortho intramolecular Hbond substituents is 1. The predicted molar refractivity (Wildman–Crippen MR) is 83.5 cm³/mol. The maximum atomic E-state index is 11.7. The molecular formula is C17H24O5. The van der Waals surface area contributed by atoms with Crippen molar-refractivity contribution in [1.82, 2.24) is 0 Å². The van der Waals surface area contributed by atoms with E-state index >= 15 is 0 Å². The number of hydrogen-bond donors (Lipinski definition) is 1. The average Bonchev–Trinajstić information content (AvgIpc) is 2.46. The lowest BCUT2D eigenvalue weighted by molar-refractivity contribution is -0.143. The maximum absolute atomic E-state index is 11.7. The van der Waals surface area contributed by atoms with E-state index in [1.54, 1.807) is 13.0 Å². The normalized spacial score (nSPS) is 10.3. The number of ether oxygens (including phenoxy) is 2. The van der Waals surface area contributed by atoms with Crippen LogP contribution in [0.4, 0.5) is 0 Å². The summed E-state index contributed by atoms with van der Waals surface area (Å²) in [4.78, 5) is 23.0. The number of hydrogen-bond acceptors (Lipinski definition) is 5. The van der Waals surface area contributed by atoms with Gasteiger partial charge < -0.3 is 14.6 Å². The van der Waals surface area contributed by atoms with Crippen LogP contribution in [-0.4, -0.2) is 30.1 Å². The number of carbonyl (C=O) groups is 2. The molecule has 122 valence electrons. The molecular weight excluding hydrogens is 284 g/mol. The van der Waals surface area contributed by atoms with E-state index in [0.717, 1.165) is 6.42 Å². The number of aromatic hydroxyl groups is 1. The van der Waals surface area contributed by atoms with E-state index in [9.17, 15) is 14.7 Å². The van der Waals surface area contributed by atoms with Crippen LogP contribution in [0.3, 0.4) is 0 Å². The van der Waals surface area contributed by atoms with Crippen molar-refractivity contribution in [3.8, 4) is 11.5 Å². The number of carbonyl (C=O) groups excluding carboxylic acids is 2. The predicted octanol–water partition coefficient (Wildman–Crippen LogP) is 3.27. The lowest BCUT2D eigenvalue weighted by Gasteiger charge is -2.15. The molecule has 0 amide bonds. The number of rotatable bonds is 9. The first kappa shape index (κ1) is 18.0. The minimum absolute atomic E-state index is 0.113. The summed E-state index contributed by atoms with van der Waals surface area (Å²) in [6, 6.07) is 3.09. The number of ketones is 1. The van der Waals surface area contributed by atoms with Crippen LogP contribution in [0.5, 0.6) is 11.5 Å². The fraction of sp³-hybridized carbons (Fsp3) is 0.529. The Hall–Kier alpha value is -2.04. The summed E-state index contributed by atoms with van der Waals surface area (Å²) in [5.74, 6) is 0.186. The Morgan fingerprint density at radius 2 is 1.95 bits per heavy atom. The van der Waals surface area contributed by atoms with Gasteiger partial charge >= 0.3 is 5.97 Å². The Labute approximate surface area is 131 Å². The molecule has 1 N–H and O–H groups in total. The van der Waals surface area contributed by atoms with Crippen LogP contribution >= 0.6 is 0 Å². The molecule has 0 atom stereocenters. The summed E-state index contributed by atoms with van der Waals surface area (Å²) in [5.41, 5.74) is 1.10. The summed E-state index contributed by atoms with van der Waals surface area (Å²) in [6.07, 6.45) is 2.22. The maximum Gasteiger partial charge on any atom is 0.305 e. The molecule has 1 aromatic rings. The average molecular weight is 308 g/mol. The molecule has 0 fully saturated rings. The van der Waals surface area contributed by atoms with Gasteiger partial charge in [0.15, 0.2) is 5.78 Å². The van der Waals surface area contributed by atoms with Crippen LogP contribution in [0.2, 0.25) is 0 Å². The largest absolute Gasteiger partial charge is 0.508 e. The Morgan fingerprint density at radius 3 is 2.55 bits per heavy atom. The molecule has 22 heavy (non-hydrogen) atoms. The Morgan fingerprint density at radius 1 is 1.23 bits per heavy atom. The quantitative estimate of drug-likeness (QED) is 0.430. The monoisotopic (exact) mass is 308 g/mol. The lowest BCUT2D eigenvalue weighted by atomic mass is 10.0. The van der Waals surface area contributed by atoms with Crippen LogP contribution in [0.1, 0.15) is 56.0 Å². The number of esters is 1. The van der Waals surface area contributed by atoms with Crippen LogP contribution in [0, 0.1) is 0 Å². The molecule has 0 bridgehead atoms. The zero-order valence-electron chi connectivity index (χ0n) is 13.5. The molecule has 0 heterocycles. The molecule has 0 radical (unpaired) electrons. The molecule has 5 nitrogen and oxygen atoms in total. The molecule has 0 unspecified atom stereocenters. The fourth-order valence-corrected chi connectivity index (χ4v) is 2.18. The van der Waals surface area contributed by atoms with Crippen molar-refractivity contribution >= 4 is 11.8 Å². The summed E-state index contributed by atoms with van der Waals surface area (Å²) in [5, 5.41) is 9.98. The van der Waals surface area contributed by atoms with Crippen LogP contribution in [-0.2, 0) is 16.0 Å². The Bertz CT molecular complexity index is 522. The fourth-order valence-electron chi connectivity index (χ4n) is 2.18. The summed E-state index contributed by atoms with van der Waals surface area (Å²) in [7, 11) is 0. The minimum Gasteiger partial charge on any atom is -0.508 e. The highest BCUT2D eigenvalue weighted by Crippen LogP contribution is 2.33. The molecule has 0 spiro atoms.